The first-order valence-corrected chi connectivity index (χ1v) is 6.71. The second-order valence-corrected chi connectivity index (χ2v) is 5.34. The number of carboxylic acids is 1. The molecule has 23 heavy (non-hydrogen) atoms. The van der Waals surface area contributed by atoms with Gasteiger partial charge in [0, 0.05) is 17.5 Å². The summed E-state index contributed by atoms with van der Waals surface area (Å²) < 4.78 is 5.81. The normalized spacial score (nSPS) is 10.9. The number of ether oxygens (including phenoxy) is 1. The second kappa shape index (κ2) is 8.47. The number of para-hydroxylation sites is 1. The fraction of sp³-hybridized carbons (Fsp3) is 0.235. The quantitative estimate of drug-likeness (QED) is 0.519. The predicted octanol–water partition coefficient (Wildman–Crippen LogP) is -1.78. The zero-order chi connectivity index (χ0) is 14.3. The van der Waals surface area contributed by atoms with Crippen LogP contribution in [0.1, 0.15) is 46.8 Å². The number of hydrogen-bond donors (Lipinski definition) is 0. The molecule has 1 aliphatic heterocycles. The number of carbonyl (C=O) groups excluding carboxylic acids is 1. The van der Waals surface area contributed by atoms with E-state index in [1.165, 1.54) is 0 Å². The number of carbonyl (C=O) groups is 1. The van der Waals surface area contributed by atoms with Crippen molar-refractivity contribution in [3.8, 4) is 11.5 Å². The van der Waals surface area contributed by atoms with E-state index in [-0.39, 0.29) is 52.0 Å². The Labute approximate surface area is 157 Å². The standard InChI is InChI=1S/C17H16O3.Na.2H2O/c1-10(2)12-7-8-15-13(16(12)17(18)19)9-11-5-3-4-6-14(11)20-15;;;/h3-8,10H,9H2,1-2H3,(H,18,19);;2*1H2/q;+1;;/p-1. The summed E-state index contributed by atoms with van der Waals surface area (Å²) in [4.78, 5) is 11.5. The van der Waals surface area contributed by atoms with Crippen LogP contribution in [-0.2, 0) is 6.42 Å². The molecule has 0 atom stereocenters. The second-order valence-electron chi connectivity index (χ2n) is 5.34. The fourth-order valence-corrected chi connectivity index (χ4v) is 2.70. The zero-order valence-electron chi connectivity index (χ0n) is 13.5. The van der Waals surface area contributed by atoms with E-state index in [4.69, 9.17) is 4.74 Å². The van der Waals surface area contributed by atoms with Gasteiger partial charge in [-0.1, -0.05) is 38.1 Å². The first-order chi connectivity index (χ1) is 9.58. The molecule has 5 nitrogen and oxygen atoms in total. The van der Waals surface area contributed by atoms with Gasteiger partial charge in [-0.15, -0.1) is 0 Å². The van der Waals surface area contributed by atoms with Gasteiger partial charge in [0.2, 0.25) is 0 Å². The molecule has 0 bridgehead atoms. The Balaban J connectivity index is 0.00000161. The summed E-state index contributed by atoms with van der Waals surface area (Å²) >= 11 is 0. The molecule has 0 saturated heterocycles. The van der Waals surface area contributed by atoms with Crippen molar-refractivity contribution in [2.45, 2.75) is 26.2 Å². The summed E-state index contributed by atoms with van der Waals surface area (Å²) in [5.41, 5.74) is 2.80. The molecule has 0 radical (unpaired) electrons. The minimum absolute atomic E-state index is 0. The number of hydrogen-bond acceptors (Lipinski definition) is 3. The third-order valence-electron chi connectivity index (χ3n) is 3.69. The third-order valence-corrected chi connectivity index (χ3v) is 3.69. The molecule has 6 heteroatoms. The van der Waals surface area contributed by atoms with Crippen molar-refractivity contribution >= 4 is 5.97 Å². The summed E-state index contributed by atoms with van der Waals surface area (Å²) in [6.07, 6.45) is 0.565. The largest absolute Gasteiger partial charge is 1.00 e. The van der Waals surface area contributed by atoms with Gasteiger partial charge in [0.05, 0.1) is 5.97 Å². The van der Waals surface area contributed by atoms with Gasteiger partial charge in [-0.3, -0.25) is 0 Å². The molecular weight excluding hydrogens is 307 g/mol. The molecule has 0 saturated carbocycles. The molecular formula is C17H19NaO5. The molecule has 118 valence electrons. The van der Waals surface area contributed by atoms with Crippen molar-refractivity contribution in [1.82, 2.24) is 0 Å². The predicted molar refractivity (Wildman–Crippen MR) is 81.4 cm³/mol. The topological polar surface area (TPSA) is 112 Å². The average molecular weight is 326 g/mol. The van der Waals surface area contributed by atoms with Crippen molar-refractivity contribution in [1.29, 1.82) is 0 Å². The Bertz CT molecular complexity index is 697. The third kappa shape index (κ3) is 3.94. The SMILES string of the molecule is CC(C)c1ccc2c(c1C(=O)[O-])Cc1ccccc1O2.O.O.[Na+]. The molecule has 2 aromatic carbocycles. The van der Waals surface area contributed by atoms with Gasteiger partial charge in [-0.05, 0) is 29.2 Å². The summed E-state index contributed by atoms with van der Waals surface area (Å²) in [5.74, 6) is 0.410. The van der Waals surface area contributed by atoms with Gasteiger partial charge in [0.1, 0.15) is 11.5 Å². The van der Waals surface area contributed by atoms with Crippen LogP contribution in [0.25, 0.3) is 0 Å². The van der Waals surface area contributed by atoms with Crippen molar-refractivity contribution in [2.75, 3.05) is 0 Å². The molecule has 0 spiro atoms. The van der Waals surface area contributed by atoms with Crippen LogP contribution < -0.4 is 39.4 Å². The number of carboxylic acid groups (broad SMARTS) is 1. The maximum absolute atomic E-state index is 11.5. The van der Waals surface area contributed by atoms with E-state index in [0.717, 1.165) is 22.4 Å². The van der Waals surface area contributed by atoms with E-state index in [0.29, 0.717) is 12.2 Å². The smallest absolute Gasteiger partial charge is 0.545 e. The average Bonchev–Trinajstić information content (AvgIpc) is 2.43. The molecule has 2 aromatic rings. The van der Waals surface area contributed by atoms with Crippen molar-refractivity contribution in [3.05, 3.63) is 58.7 Å². The summed E-state index contributed by atoms with van der Waals surface area (Å²) in [6, 6.07) is 11.4. The Morgan fingerprint density at radius 2 is 1.74 bits per heavy atom. The van der Waals surface area contributed by atoms with Crippen LogP contribution in [0.5, 0.6) is 11.5 Å². The van der Waals surface area contributed by atoms with E-state index in [1.54, 1.807) is 0 Å². The number of fused-ring (bicyclic) bond motifs is 2. The van der Waals surface area contributed by atoms with Crippen LogP contribution in [0.3, 0.4) is 0 Å². The minimum Gasteiger partial charge on any atom is -0.545 e. The number of rotatable bonds is 2. The van der Waals surface area contributed by atoms with E-state index in [9.17, 15) is 9.90 Å². The van der Waals surface area contributed by atoms with E-state index >= 15 is 0 Å². The Kier molecular flexibility index (Phi) is 7.97. The molecule has 0 unspecified atom stereocenters. The monoisotopic (exact) mass is 326 g/mol. The molecule has 1 aliphatic rings. The molecule has 1 heterocycles. The van der Waals surface area contributed by atoms with Crippen LogP contribution in [0, 0.1) is 0 Å². The maximum Gasteiger partial charge on any atom is 1.00 e. The first-order valence-electron chi connectivity index (χ1n) is 6.71. The fourth-order valence-electron chi connectivity index (χ4n) is 2.70. The van der Waals surface area contributed by atoms with Crippen LogP contribution in [0.4, 0.5) is 0 Å². The van der Waals surface area contributed by atoms with Gasteiger partial charge < -0.3 is 25.6 Å². The van der Waals surface area contributed by atoms with E-state index in [2.05, 4.69) is 0 Å². The Morgan fingerprint density at radius 3 is 2.35 bits per heavy atom. The molecule has 4 N–H and O–H groups in total. The van der Waals surface area contributed by atoms with Gasteiger partial charge in [0.15, 0.2) is 0 Å². The Hall–Kier alpha value is -1.37. The van der Waals surface area contributed by atoms with E-state index in [1.807, 2.05) is 50.2 Å². The van der Waals surface area contributed by atoms with Crippen molar-refractivity contribution < 1.29 is 55.1 Å². The number of benzene rings is 2. The molecule has 0 amide bonds. The first kappa shape index (κ1) is 21.6. The van der Waals surface area contributed by atoms with Crippen LogP contribution in [0.15, 0.2) is 36.4 Å². The zero-order valence-corrected chi connectivity index (χ0v) is 15.5. The van der Waals surface area contributed by atoms with Gasteiger partial charge in [0.25, 0.3) is 0 Å². The van der Waals surface area contributed by atoms with Crippen molar-refractivity contribution in [3.63, 3.8) is 0 Å². The van der Waals surface area contributed by atoms with Gasteiger partial charge in [-0.25, -0.2) is 0 Å². The van der Waals surface area contributed by atoms with Crippen molar-refractivity contribution in [2.24, 2.45) is 0 Å². The molecule has 0 aromatic heterocycles. The van der Waals surface area contributed by atoms with Gasteiger partial charge in [-0.2, -0.15) is 0 Å². The summed E-state index contributed by atoms with van der Waals surface area (Å²) in [6.45, 7) is 3.96. The molecule has 0 aliphatic carbocycles. The Morgan fingerprint density at radius 1 is 1.09 bits per heavy atom. The number of aromatic carboxylic acids is 1. The van der Waals surface area contributed by atoms with Gasteiger partial charge >= 0.3 is 29.6 Å². The van der Waals surface area contributed by atoms with Crippen LogP contribution in [-0.4, -0.2) is 16.9 Å². The minimum atomic E-state index is -1.13. The molecule has 3 rings (SSSR count). The molecule has 0 fully saturated rings. The maximum atomic E-state index is 11.5. The van der Waals surface area contributed by atoms with Crippen LogP contribution in [0.2, 0.25) is 0 Å². The van der Waals surface area contributed by atoms with E-state index < -0.39 is 5.97 Å². The van der Waals surface area contributed by atoms with Crippen LogP contribution >= 0.6 is 0 Å². The summed E-state index contributed by atoms with van der Waals surface area (Å²) in [5, 5.41) is 11.5. The summed E-state index contributed by atoms with van der Waals surface area (Å²) in [7, 11) is 0.